The molecule has 0 saturated carbocycles. The predicted octanol–water partition coefficient (Wildman–Crippen LogP) is 3.30. The fourth-order valence-electron chi connectivity index (χ4n) is 2.92. The summed E-state index contributed by atoms with van der Waals surface area (Å²) in [6.45, 7) is 3.37. The van der Waals surface area contributed by atoms with Gasteiger partial charge in [-0.3, -0.25) is 0 Å². The van der Waals surface area contributed by atoms with E-state index in [1.54, 1.807) is 0 Å². The average Bonchev–Trinajstić information content (AvgIpc) is 2.99. The molecule has 2 aromatic carbocycles. The molecule has 0 bridgehead atoms. The molecule has 0 fully saturated rings. The number of aromatic nitrogens is 1. The molecule has 0 radical (unpaired) electrons. The number of hydrogen-bond acceptors (Lipinski definition) is 4. The summed E-state index contributed by atoms with van der Waals surface area (Å²) in [5.74, 6) is 1.82. The summed E-state index contributed by atoms with van der Waals surface area (Å²) < 4.78 is 11.7. The van der Waals surface area contributed by atoms with Crippen LogP contribution in [0.3, 0.4) is 0 Å². The van der Waals surface area contributed by atoms with Gasteiger partial charge < -0.3 is 25.1 Å². The standard InChI is InChI=1S/C20H27N3O2/c1-21-9-3-11-24-15-6-8-19-18(13-15)17-7-5-16(14-20(17)23-19)25-12-4-10-22-2/h5-8,13-14,21-23H,3-4,9-12H2,1-2H3. The lowest BCUT2D eigenvalue weighted by Gasteiger charge is -2.06. The SMILES string of the molecule is CNCCCOc1ccc2c(c1)[nH]c1ccc(OCCCNC)cc12. The minimum atomic E-state index is 0.719. The second-order valence-corrected chi connectivity index (χ2v) is 6.15. The number of aromatic amines is 1. The van der Waals surface area contributed by atoms with Crippen molar-refractivity contribution in [3.8, 4) is 11.5 Å². The molecule has 5 heteroatoms. The lowest BCUT2D eigenvalue weighted by Crippen LogP contribution is -2.11. The zero-order valence-corrected chi connectivity index (χ0v) is 15.0. The Morgan fingerprint density at radius 1 is 0.760 bits per heavy atom. The predicted molar refractivity (Wildman–Crippen MR) is 104 cm³/mol. The fraction of sp³-hybridized carbons (Fsp3) is 0.400. The Morgan fingerprint density at radius 3 is 2.08 bits per heavy atom. The molecule has 3 aromatic rings. The maximum absolute atomic E-state index is 5.85. The van der Waals surface area contributed by atoms with Crippen LogP contribution >= 0.6 is 0 Å². The van der Waals surface area contributed by atoms with Gasteiger partial charge in [0.25, 0.3) is 0 Å². The van der Waals surface area contributed by atoms with Gasteiger partial charge in [-0.2, -0.15) is 0 Å². The normalized spacial score (nSPS) is 11.3. The van der Waals surface area contributed by atoms with Gasteiger partial charge in [0, 0.05) is 22.4 Å². The number of H-pyrrole nitrogens is 1. The van der Waals surface area contributed by atoms with Crippen LogP contribution in [-0.4, -0.2) is 45.4 Å². The first kappa shape index (κ1) is 17.6. The smallest absolute Gasteiger partial charge is 0.121 e. The third-order valence-corrected chi connectivity index (χ3v) is 4.22. The van der Waals surface area contributed by atoms with Gasteiger partial charge in [-0.1, -0.05) is 0 Å². The maximum atomic E-state index is 5.85. The summed E-state index contributed by atoms with van der Waals surface area (Å²) in [5.41, 5.74) is 2.21. The molecule has 0 spiro atoms. The van der Waals surface area contributed by atoms with E-state index in [9.17, 15) is 0 Å². The summed E-state index contributed by atoms with van der Waals surface area (Å²) >= 11 is 0. The van der Waals surface area contributed by atoms with Gasteiger partial charge in [-0.05, 0) is 70.4 Å². The Balaban J connectivity index is 1.74. The summed E-state index contributed by atoms with van der Waals surface area (Å²) in [7, 11) is 3.91. The van der Waals surface area contributed by atoms with Crippen LogP contribution in [0.5, 0.6) is 11.5 Å². The van der Waals surface area contributed by atoms with E-state index >= 15 is 0 Å². The molecule has 5 nitrogen and oxygen atoms in total. The van der Waals surface area contributed by atoms with Crippen molar-refractivity contribution in [2.24, 2.45) is 0 Å². The van der Waals surface area contributed by atoms with Gasteiger partial charge in [0.15, 0.2) is 0 Å². The van der Waals surface area contributed by atoms with E-state index in [2.05, 4.69) is 39.9 Å². The average molecular weight is 341 g/mol. The number of nitrogens with one attached hydrogen (secondary N) is 3. The number of hydrogen-bond donors (Lipinski definition) is 3. The van der Waals surface area contributed by atoms with Crippen LogP contribution in [0.15, 0.2) is 36.4 Å². The topological polar surface area (TPSA) is 58.3 Å². The molecular formula is C20H27N3O2. The minimum Gasteiger partial charge on any atom is -0.494 e. The van der Waals surface area contributed by atoms with Gasteiger partial charge >= 0.3 is 0 Å². The van der Waals surface area contributed by atoms with Crippen LogP contribution in [0, 0.1) is 0 Å². The van der Waals surface area contributed by atoms with Crippen LogP contribution in [0.4, 0.5) is 0 Å². The summed E-state index contributed by atoms with van der Waals surface area (Å²) in [5, 5.41) is 8.63. The van der Waals surface area contributed by atoms with Crippen LogP contribution in [0.25, 0.3) is 21.8 Å². The third kappa shape index (κ3) is 4.44. The number of ether oxygens (including phenoxy) is 2. The van der Waals surface area contributed by atoms with Crippen molar-refractivity contribution in [2.75, 3.05) is 40.4 Å². The Morgan fingerprint density at radius 2 is 1.40 bits per heavy atom. The molecule has 0 atom stereocenters. The number of fused-ring (bicyclic) bond motifs is 3. The zero-order chi connectivity index (χ0) is 17.5. The molecule has 0 aliphatic heterocycles. The van der Waals surface area contributed by atoms with Crippen molar-refractivity contribution < 1.29 is 9.47 Å². The molecule has 25 heavy (non-hydrogen) atoms. The highest BCUT2D eigenvalue weighted by Gasteiger charge is 2.07. The second kappa shape index (κ2) is 8.74. The lowest BCUT2D eigenvalue weighted by molar-refractivity contribution is 0.310. The van der Waals surface area contributed by atoms with E-state index in [1.165, 1.54) is 10.8 Å². The first-order valence-corrected chi connectivity index (χ1v) is 8.92. The monoisotopic (exact) mass is 341 g/mol. The van der Waals surface area contributed by atoms with Gasteiger partial charge in [-0.15, -0.1) is 0 Å². The van der Waals surface area contributed by atoms with Crippen molar-refractivity contribution in [1.82, 2.24) is 15.6 Å². The van der Waals surface area contributed by atoms with E-state index in [0.717, 1.165) is 61.7 Å². The minimum absolute atomic E-state index is 0.719. The molecule has 0 aliphatic rings. The van der Waals surface area contributed by atoms with E-state index in [1.807, 2.05) is 26.2 Å². The molecule has 0 unspecified atom stereocenters. The van der Waals surface area contributed by atoms with Gasteiger partial charge in [-0.25, -0.2) is 0 Å². The second-order valence-electron chi connectivity index (χ2n) is 6.15. The van der Waals surface area contributed by atoms with Crippen molar-refractivity contribution >= 4 is 21.8 Å². The Labute approximate surface area is 148 Å². The van der Waals surface area contributed by atoms with Crippen molar-refractivity contribution in [3.05, 3.63) is 36.4 Å². The summed E-state index contributed by atoms with van der Waals surface area (Å²) in [6, 6.07) is 12.4. The highest BCUT2D eigenvalue weighted by molar-refractivity contribution is 6.08. The zero-order valence-electron chi connectivity index (χ0n) is 15.0. The van der Waals surface area contributed by atoms with Gasteiger partial charge in [0.1, 0.15) is 11.5 Å². The molecule has 1 aromatic heterocycles. The van der Waals surface area contributed by atoms with E-state index in [-0.39, 0.29) is 0 Å². The van der Waals surface area contributed by atoms with Crippen LogP contribution in [0.2, 0.25) is 0 Å². The lowest BCUT2D eigenvalue weighted by atomic mass is 10.1. The molecule has 0 amide bonds. The molecule has 1 heterocycles. The van der Waals surface area contributed by atoms with Gasteiger partial charge in [0.2, 0.25) is 0 Å². The van der Waals surface area contributed by atoms with E-state index < -0.39 is 0 Å². The molecule has 3 rings (SSSR count). The third-order valence-electron chi connectivity index (χ3n) is 4.22. The highest BCUT2D eigenvalue weighted by Crippen LogP contribution is 2.31. The first-order valence-electron chi connectivity index (χ1n) is 8.92. The van der Waals surface area contributed by atoms with E-state index in [0.29, 0.717) is 0 Å². The van der Waals surface area contributed by atoms with Crippen LogP contribution < -0.4 is 20.1 Å². The number of rotatable bonds is 10. The summed E-state index contributed by atoms with van der Waals surface area (Å²) in [6.07, 6.45) is 1.99. The van der Waals surface area contributed by atoms with Crippen molar-refractivity contribution in [1.29, 1.82) is 0 Å². The Hall–Kier alpha value is -2.24. The quantitative estimate of drug-likeness (QED) is 0.495. The summed E-state index contributed by atoms with van der Waals surface area (Å²) in [4.78, 5) is 3.47. The highest BCUT2D eigenvalue weighted by atomic mass is 16.5. The van der Waals surface area contributed by atoms with Crippen LogP contribution in [0.1, 0.15) is 12.8 Å². The molecule has 134 valence electrons. The van der Waals surface area contributed by atoms with Crippen molar-refractivity contribution in [3.63, 3.8) is 0 Å². The molecule has 0 aliphatic carbocycles. The van der Waals surface area contributed by atoms with Crippen LogP contribution in [-0.2, 0) is 0 Å². The van der Waals surface area contributed by atoms with Crippen molar-refractivity contribution in [2.45, 2.75) is 12.8 Å². The molecular weight excluding hydrogens is 314 g/mol. The Bertz CT molecular complexity index is 813. The van der Waals surface area contributed by atoms with Gasteiger partial charge in [0.05, 0.1) is 18.7 Å². The first-order chi connectivity index (χ1) is 12.3. The largest absolute Gasteiger partial charge is 0.494 e. The fourth-order valence-corrected chi connectivity index (χ4v) is 2.92. The molecule has 3 N–H and O–H groups in total. The number of benzene rings is 2. The maximum Gasteiger partial charge on any atom is 0.121 e. The van der Waals surface area contributed by atoms with E-state index in [4.69, 9.17) is 9.47 Å². The molecule has 0 saturated heterocycles. The Kier molecular flexibility index (Phi) is 6.14.